The van der Waals surface area contributed by atoms with Gasteiger partial charge in [-0.25, -0.2) is 4.39 Å². The van der Waals surface area contributed by atoms with E-state index in [0.717, 1.165) is 32.5 Å². The third kappa shape index (κ3) is 2.64. The molecule has 13 heavy (non-hydrogen) atoms. The molecule has 0 amide bonds. The lowest BCUT2D eigenvalue weighted by molar-refractivity contribution is 0.130. The molecule has 2 heterocycles. The number of piperidine rings is 1. The molecule has 2 fully saturated rings. The Labute approximate surface area is 79.5 Å². The molecule has 2 nitrogen and oxygen atoms in total. The van der Waals surface area contributed by atoms with E-state index >= 15 is 0 Å². The van der Waals surface area contributed by atoms with Gasteiger partial charge in [0.1, 0.15) is 6.17 Å². The predicted molar refractivity (Wildman–Crippen MR) is 51.6 cm³/mol. The van der Waals surface area contributed by atoms with Crippen LogP contribution in [-0.4, -0.2) is 43.3 Å². The summed E-state index contributed by atoms with van der Waals surface area (Å²) in [5.41, 5.74) is 0. The van der Waals surface area contributed by atoms with Crippen LogP contribution in [0.5, 0.6) is 0 Å². The molecule has 2 aliphatic heterocycles. The number of hydrogen-bond donors (Lipinski definition) is 1. The first-order chi connectivity index (χ1) is 6.34. The summed E-state index contributed by atoms with van der Waals surface area (Å²) in [5, 5.41) is 3.45. The Kier molecular flexibility index (Phi) is 3.17. The fourth-order valence-corrected chi connectivity index (χ4v) is 2.39. The Morgan fingerprint density at radius 2 is 2.23 bits per heavy atom. The Morgan fingerprint density at radius 3 is 2.92 bits per heavy atom. The van der Waals surface area contributed by atoms with E-state index in [-0.39, 0.29) is 0 Å². The molecule has 0 bridgehead atoms. The van der Waals surface area contributed by atoms with E-state index in [0.29, 0.717) is 12.6 Å². The molecule has 2 saturated heterocycles. The zero-order valence-electron chi connectivity index (χ0n) is 8.14. The minimum atomic E-state index is -0.574. The standard InChI is InChI=1S/C10H19FN2/c11-9-3-2-6-13(7-9)8-10-4-1-5-12-10/h9-10,12H,1-8H2/t9-,10?/m0/s1. The van der Waals surface area contributed by atoms with E-state index in [9.17, 15) is 4.39 Å². The number of rotatable bonds is 2. The number of nitrogens with zero attached hydrogens (tertiary/aromatic N) is 1. The number of hydrogen-bond acceptors (Lipinski definition) is 2. The lowest BCUT2D eigenvalue weighted by Gasteiger charge is -2.30. The van der Waals surface area contributed by atoms with Gasteiger partial charge in [-0.3, -0.25) is 4.90 Å². The molecule has 2 aliphatic rings. The summed E-state index contributed by atoms with van der Waals surface area (Å²) in [6.45, 7) is 3.97. The van der Waals surface area contributed by atoms with Gasteiger partial charge in [0.15, 0.2) is 0 Å². The van der Waals surface area contributed by atoms with E-state index in [1.54, 1.807) is 0 Å². The van der Waals surface area contributed by atoms with Crippen molar-refractivity contribution in [2.45, 2.75) is 37.9 Å². The fraction of sp³-hybridized carbons (Fsp3) is 1.00. The summed E-state index contributed by atoms with van der Waals surface area (Å²) in [7, 11) is 0. The van der Waals surface area contributed by atoms with Crippen molar-refractivity contribution < 1.29 is 4.39 Å². The first kappa shape index (κ1) is 9.41. The molecule has 3 heteroatoms. The maximum Gasteiger partial charge on any atom is 0.113 e. The van der Waals surface area contributed by atoms with Crippen LogP contribution in [0.4, 0.5) is 4.39 Å². The maximum absolute atomic E-state index is 13.0. The molecular weight excluding hydrogens is 167 g/mol. The monoisotopic (exact) mass is 186 g/mol. The Hall–Kier alpha value is -0.150. The number of alkyl halides is 1. The van der Waals surface area contributed by atoms with Crippen LogP contribution < -0.4 is 5.32 Å². The van der Waals surface area contributed by atoms with Gasteiger partial charge in [-0.05, 0) is 38.8 Å². The predicted octanol–water partition coefficient (Wildman–Crippen LogP) is 1.17. The average molecular weight is 186 g/mol. The summed E-state index contributed by atoms with van der Waals surface area (Å²) in [6, 6.07) is 0.630. The second-order valence-electron chi connectivity index (χ2n) is 4.29. The Bertz CT molecular complexity index is 157. The molecule has 1 unspecified atom stereocenters. The first-order valence-electron chi connectivity index (χ1n) is 5.44. The van der Waals surface area contributed by atoms with Gasteiger partial charge in [-0.2, -0.15) is 0 Å². The van der Waals surface area contributed by atoms with Crippen LogP contribution >= 0.6 is 0 Å². The van der Waals surface area contributed by atoms with Crippen molar-refractivity contribution in [2.75, 3.05) is 26.2 Å². The zero-order valence-corrected chi connectivity index (χ0v) is 8.14. The summed E-state index contributed by atoms with van der Waals surface area (Å²) < 4.78 is 13.0. The molecule has 0 radical (unpaired) electrons. The van der Waals surface area contributed by atoms with Crippen molar-refractivity contribution >= 4 is 0 Å². The van der Waals surface area contributed by atoms with Gasteiger partial charge in [-0.15, -0.1) is 0 Å². The SMILES string of the molecule is F[C@H]1CCCN(CC2CCCN2)C1. The Morgan fingerprint density at radius 1 is 1.31 bits per heavy atom. The topological polar surface area (TPSA) is 15.3 Å². The summed E-state index contributed by atoms with van der Waals surface area (Å²) in [4.78, 5) is 2.27. The van der Waals surface area contributed by atoms with Gasteiger partial charge in [0.25, 0.3) is 0 Å². The first-order valence-corrected chi connectivity index (χ1v) is 5.44. The molecule has 0 aromatic carbocycles. The van der Waals surface area contributed by atoms with Crippen molar-refractivity contribution in [1.82, 2.24) is 10.2 Å². The van der Waals surface area contributed by atoms with E-state index in [2.05, 4.69) is 10.2 Å². The van der Waals surface area contributed by atoms with Crippen LogP contribution in [0.3, 0.4) is 0 Å². The van der Waals surface area contributed by atoms with Crippen molar-refractivity contribution in [3.8, 4) is 0 Å². The van der Waals surface area contributed by atoms with Gasteiger partial charge in [0, 0.05) is 19.1 Å². The molecule has 0 aromatic heterocycles. The summed E-state index contributed by atoms with van der Waals surface area (Å²) in [6.07, 6.45) is 3.79. The van der Waals surface area contributed by atoms with Crippen molar-refractivity contribution in [2.24, 2.45) is 0 Å². The zero-order chi connectivity index (χ0) is 9.10. The number of likely N-dealkylation sites (tertiary alicyclic amines) is 1. The molecule has 1 N–H and O–H groups in total. The van der Waals surface area contributed by atoms with Gasteiger partial charge >= 0.3 is 0 Å². The fourth-order valence-electron chi connectivity index (χ4n) is 2.39. The van der Waals surface area contributed by atoms with Gasteiger partial charge in [-0.1, -0.05) is 0 Å². The molecule has 0 aliphatic carbocycles. The van der Waals surface area contributed by atoms with Gasteiger partial charge in [0.2, 0.25) is 0 Å². The lowest BCUT2D eigenvalue weighted by Crippen LogP contribution is -2.43. The molecule has 0 spiro atoms. The van der Waals surface area contributed by atoms with E-state index < -0.39 is 6.17 Å². The largest absolute Gasteiger partial charge is 0.313 e. The second kappa shape index (κ2) is 4.38. The maximum atomic E-state index is 13.0. The summed E-state index contributed by atoms with van der Waals surface area (Å²) in [5.74, 6) is 0. The van der Waals surface area contributed by atoms with Crippen LogP contribution in [0.2, 0.25) is 0 Å². The van der Waals surface area contributed by atoms with Crippen LogP contribution in [0, 0.1) is 0 Å². The third-order valence-electron chi connectivity index (χ3n) is 3.09. The Balaban J connectivity index is 1.73. The van der Waals surface area contributed by atoms with Crippen molar-refractivity contribution in [1.29, 1.82) is 0 Å². The van der Waals surface area contributed by atoms with Crippen LogP contribution in [0.15, 0.2) is 0 Å². The molecule has 0 aromatic rings. The molecule has 0 saturated carbocycles. The van der Waals surface area contributed by atoms with E-state index in [1.807, 2.05) is 0 Å². The number of nitrogens with one attached hydrogen (secondary N) is 1. The lowest BCUT2D eigenvalue weighted by atomic mass is 10.1. The highest BCUT2D eigenvalue weighted by Gasteiger charge is 2.23. The van der Waals surface area contributed by atoms with Crippen LogP contribution in [-0.2, 0) is 0 Å². The minimum Gasteiger partial charge on any atom is -0.313 e. The van der Waals surface area contributed by atoms with Crippen LogP contribution in [0.25, 0.3) is 0 Å². The summed E-state index contributed by atoms with van der Waals surface area (Å²) >= 11 is 0. The minimum absolute atomic E-state index is 0.574. The van der Waals surface area contributed by atoms with E-state index in [1.165, 1.54) is 12.8 Å². The van der Waals surface area contributed by atoms with E-state index in [4.69, 9.17) is 0 Å². The third-order valence-corrected chi connectivity index (χ3v) is 3.09. The quantitative estimate of drug-likeness (QED) is 0.696. The normalized spacial score (nSPS) is 36.7. The van der Waals surface area contributed by atoms with Gasteiger partial charge in [0.05, 0.1) is 0 Å². The smallest absolute Gasteiger partial charge is 0.113 e. The van der Waals surface area contributed by atoms with Gasteiger partial charge < -0.3 is 5.32 Å². The van der Waals surface area contributed by atoms with Crippen molar-refractivity contribution in [3.05, 3.63) is 0 Å². The molecule has 2 rings (SSSR count). The number of halogens is 1. The highest BCUT2D eigenvalue weighted by Crippen LogP contribution is 2.15. The molecule has 76 valence electrons. The highest BCUT2D eigenvalue weighted by molar-refractivity contribution is 4.81. The second-order valence-corrected chi connectivity index (χ2v) is 4.29. The van der Waals surface area contributed by atoms with Crippen molar-refractivity contribution in [3.63, 3.8) is 0 Å². The molecule has 2 atom stereocenters. The average Bonchev–Trinajstić information content (AvgIpc) is 2.57. The van der Waals surface area contributed by atoms with Crippen LogP contribution in [0.1, 0.15) is 25.7 Å². The molecular formula is C10H19FN2. The highest BCUT2D eigenvalue weighted by atomic mass is 19.1.